The molecule has 0 aliphatic carbocycles. The fourth-order valence-electron chi connectivity index (χ4n) is 8.82. The molecule has 0 saturated carbocycles. The molecule has 3 amide bonds. The largest absolute Gasteiger partial charge is 0.493 e. The number of ether oxygens (including phenoxy) is 3. The second-order valence-corrected chi connectivity index (χ2v) is 19.8. The van der Waals surface area contributed by atoms with Gasteiger partial charge in [0.2, 0.25) is 0 Å². The van der Waals surface area contributed by atoms with E-state index in [4.69, 9.17) is 25.7 Å². The van der Waals surface area contributed by atoms with Crippen molar-refractivity contribution in [1.82, 2.24) is 29.8 Å². The molecule has 7 N–H and O–H groups in total. The lowest BCUT2D eigenvalue weighted by Crippen LogP contribution is -2.37. The van der Waals surface area contributed by atoms with Crippen LogP contribution in [-0.2, 0) is 11.2 Å². The molecule has 0 atom stereocenters. The molecule has 5 heterocycles. The number of carbonyl (C=O) groups is 3. The molecule has 1 aliphatic heterocycles. The number of thiophene rings is 1. The number of morpholine rings is 1. The highest BCUT2D eigenvalue weighted by Gasteiger charge is 2.19. The first-order chi connectivity index (χ1) is 40.8. The molecule has 0 radical (unpaired) electrons. The van der Waals surface area contributed by atoms with Crippen LogP contribution < -0.4 is 31.6 Å². The van der Waals surface area contributed by atoms with Gasteiger partial charge in [0.15, 0.2) is 17.3 Å². The number of non-ortho nitro benzene ring substituents is 1. The van der Waals surface area contributed by atoms with Gasteiger partial charge >= 0.3 is 6.03 Å². The summed E-state index contributed by atoms with van der Waals surface area (Å²) in [6, 6.07) is 43.4. The molecule has 11 rings (SSSR count). The number of hydrogen-bond acceptors (Lipinski definition) is 15. The molecule has 22 heteroatoms. The molecule has 0 spiro atoms. The molecule has 4 aromatic heterocycles. The summed E-state index contributed by atoms with van der Waals surface area (Å²) in [4.78, 5) is 69.0. The predicted molar refractivity (Wildman–Crippen MR) is 318 cm³/mol. The molecule has 0 unspecified atom stereocenters. The van der Waals surface area contributed by atoms with Gasteiger partial charge in [0, 0.05) is 94.9 Å². The van der Waals surface area contributed by atoms with Gasteiger partial charge in [-0.15, -0.1) is 11.3 Å². The van der Waals surface area contributed by atoms with E-state index < -0.39 is 16.9 Å². The zero-order chi connectivity index (χ0) is 59.0. The Kier molecular flexibility index (Phi) is 19.4. The summed E-state index contributed by atoms with van der Waals surface area (Å²) in [6.07, 6.45) is 6.16. The van der Waals surface area contributed by atoms with Crippen molar-refractivity contribution in [3.8, 4) is 55.8 Å². The van der Waals surface area contributed by atoms with Gasteiger partial charge in [-0.3, -0.25) is 34.9 Å². The number of nitro groups is 1. The number of nitrogens with two attached hydrogens (primary N) is 2. The van der Waals surface area contributed by atoms with E-state index in [2.05, 4.69) is 40.5 Å². The molecule has 6 aromatic carbocycles. The van der Waals surface area contributed by atoms with Crippen LogP contribution in [0.4, 0.5) is 35.8 Å². The molecule has 426 valence electrons. The topological polar surface area (TPSA) is 269 Å². The Morgan fingerprint density at radius 1 is 0.786 bits per heavy atom. The van der Waals surface area contributed by atoms with Crippen molar-refractivity contribution < 1.29 is 42.3 Å². The highest BCUT2D eigenvalue weighted by Crippen LogP contribution is 2.37. The first-order valence-electron chi connectivity index (χ1n) is 26.3. The van der Waals surface area contributed by atoms with Crippen molar-refractivity contribution in [2.24, 2.45) is 11.5 Å². The van der Waals surface area contributed by atoms with Crippen molar-refractivity contribution in [3.63, 3.8) is 0 Å². The minimum atomic E-state index is -0.782. The van der Waals surface area contributed by atoms with Gasteiger partial charge in [-0.25, -0.2) is 28.5 Å². The number of aromatic nitrogens is 5. The minimum Gasteiger partial charge on any atom is -0.493 e. The van der Waals surface area contributed by atoms with Crippen molar-refractivity contribution in [2.75, 3.05) is 57.2 Å². The standard InChI is InChI=1S/C30H32N4O4.C20H13FN4O2.C12H10FN3O2S/c1-36-28-19-25-26(20-29(28)38-15-5-12-34-13-16-37-17-14-34)31-21-32-30(25)33-24-10-8-22(9-11-24)18-27(35)23-6-3-2-4-7-23;21-16-5-1-13(2-6-16)18-19(14-9-11-22-12-10-14)24-20(23-18)15-3-7-17(8-4-15)25(26)27;13-7-3-1-6(2-4-7)9-5-8(10(14)17)11(19-9)16-12(15)18/h2-4,6-11,19-21H,5,12-18H2,1H3,(H,31,32,33);1-12H,(H,23,24);1-5H,(H2,14,17)(H3,15,16,18). The average Bonchev–Trinajstić information content (AvgIpc) is 4.23. The molecule has 10 aromatic rings. The first-order valence-corrected chi connectivity index (χ1v) is 27.1. The number of pyridine rings is 1. The number of halogens is 2. The Morgan fingerprint density at radius 3 is 2.10 bits per heavy atom. The van der Waals surface area contributed by atoms with E-state index in [-0.39, 0.29) is 33.7 Å². The number of Topliss-reactive ketones (excluding diaryl/α,β-unsaturated/α-hetero) is 1. The summed E-state index contributed by atoms with van der Waals surface area (Å²) in [6.45, 7) is 5.12. The zero-order valence-corrected chi connectivity index (χ0v) is 46.0. The summed E-state index contributed by atoms with van der Waals surface area (Å²) in [5.74, 6) is 1.28. The highest BCUT2D eigenvalue weighted by molar-refractivity contribution is 7.20. The van der Waals surface area contributed by atoms with Crippen LogP contribution in [0.15, 0.2) is 176 Å². The smallest absolute Gasteiger partial charge is 0.317 e. The van der Waals surface area contributed by atoms with E-state index in [1.165, 1.54) is 48.8 Å². The number of anilines is 3. The van der Waals surface area contributed by atoms with E-state index in [9.17, 15) is 33.3 Å². The Hall–Kier alpha value is -10.3. The lowest BCUT2D eigenvalue weighted by atomic mass is 10.0. The number of methoxy groups -OCH3 is 1. The molecule has 0 bridgehead atoms. The summed E-state index contributed by atoms with van der Waals surface area (Å²) in [5, 5.41) is 17.7. The van der Waals surface area contributed by atoms with E-state index >= 15 is 0 Å². The summed E-state index contributed by atoms with van der Waals surface area (Å²) in [7, 11) is 1.63. The third-order valence-corrected chi connectivity index (χ3v) is 14.2. The normalized spacial score (nSPS) is 12.0. The van der Waals surface area contributed by atoms with Crippen molar-refractivity contribution in [1.29, 1.82) is 0 Å². The number of nitrogens with one attached hydrogen (secondary N) is 3. The second kappa shape index (κ2) is 27.9. The molecule has 1 aliphatic rings. The SMILES string of the molecule is COc1cc2c(Nc3ccc(CC(=O)c4ccccc4)cc3)ncnc2cc1OCCCN1CCOCC1.NC(=O)Nc1sc(-c2ccc(F)cc2)cc1C(N)=O.O=[N+]([O-])c1ccc(-c2nc(-c3ccc(F)cc3)c(-c3ccncc3)[nH]2)cc1. The number of imidazole rings is 1. The number of ketones is 1. The van der Waals surface area contributed by atoms with Gasteiger partial charge < -0.3 is 36.0 Å². The number of fused-ring (bicyclic) bond motifs is 1. The second-order valence-electron chi connectivity index (χ2n) is 18.8. The Morgan fingerprint density at radius 2 is 1.45 bits per heavy atom. The van der Waals surface area contributed by atoms with Gasteiger partial charge in [0.25, 0.3) is 11.6 Å². The van der Waals surface area contributed by atoms with Crippen LogP contribution >= 0.6 is 11.3 Å². The average molecular weight is 1150 g/mol. The Bertz CT molecular complexity index is 3870. The number of rotatable bonds is 18. The molecule has 1 saturated heterocycles. The Labute approximate surface area is 484 Å². The number of carbonyl (C=O) groups excluding carboxylic acids is 3. The van der Waals surface area contributed by atoms with Gasteiger partial charge in [0.1, 0.15) is 34.6 Å². The third kappa shape index (κ3) is 15.4. The number of nitrogens with zero attached hydrogens (tertiary/aromatic N) is 6. The summed E-state index contributed by atoms with van der Waals surface area (Å²) < 4.78 is 43.3. The van der Waals surface area contributed by atoms with Crippen LogP contribution in [0.5, 0.6) is 11.5 Å². The molecule has 84 heavy (non-hydrogen) atoms. The van der Waals surface area contributed by atoms with Crippen LogP contribution in [0, 0.1) is 21.7 Å². The number of benzene rings is 6. The van der Waals surface area contributed by atoms with Gasteiger partial charge in [0.05, 0.1) is 54.3 Å². The van der Waals surface area contributed by atoms with E-state index in [1.807, 2.05) is 78.9 Å². The fourth-order valence-corrected chi connectivity index (χ4v) is 9.89. The number of primary amides is 2. The molecular formula is C62H55F2N11O8S. The monoisotopic (exact) mass is 1150 g/mol. The van der Waals surface area contributed by atoms with Gasteiger partial charge in [-0.2, -0.15) is 0 Å². The third-order valence-electron chi connectivity index (χ3n) is 13.1. The lowest BCUT2D eigenvalue weighted by molar-refractivity contribution is -0.384. The minimum absolute atomic E-state index is 0.0124. The van der Waals surface area contributed by atoms with Crippen LogP contribution in [-0.4, -0.2) is 99.0 Å². The Balaban J connectivity index is 0.000000161. The van der Waals surface area contributed by atoms with Crippen molar-refractivity contribution in [3.05, 3.63) is 215 Å². The number of amides is 3. The fraction of sp³-hybridized carbons (Fsp3) is 0.145. The highest BCUT2D eigenvalue weighted by atomic mass is 32.1. The van der Waals surface area contributed by atoms with Crippen LogP contribution in [0.1, 0.15) is 32.7 Å². The number of urea groups is 1. The van der Waals surface area contributed by atoms with Crippen LogP contribution in [0.3, 0.4) is 0 Å². The number of H-pyrrole nitrogens is 1. The first kappa shape index (κ1) is 58.4. The lowest BCUT2D eigenvalue weighted by Gasteiger charge is -2.26. The maximum atomic E-state index is 13.3. The van der Waals surface area contributed by atoms with E-state index in [0.717, 1.165) is 95.1 Å². The van der Waals surface area contributed by atoms with Crippen molar-refractivity contribution in [2.45, 2.75) is 12.8 Å². The maximum Gasteiger partial charge on any atom is 0.317 e. The number of hydrogen-bond donors (Lipinski definition) is 5. The van der Waals surface area contributed by atoms with Gasteiger partial charge in [-0.1, -0.05) is 54.6 Å². The predicted octanol–water partition coefficient (Wildman–Crippen LogP) is 11.9. The van der Waals surface area contributed by atoms with E-state index in [1.54, 1.807) is 55.9 Å². The molecule has 1 fully saturated rings. The quantitative estimate of drug-likeness (QED) is 0.0231. The van der Waals surface area contributed by atoms with Crippen LogP contribution in [0.25, 0.3) is 55.2 Å². The maximum absolute atomic E-state index is 13.3. The molecular weight excluding hydrogens is 1100 g/mol. The van der Waals surface area contributed by atoms with E-state index in [0.29, 0.717) is 57.9 Å². The molecule has 19 nitrogen and oxygen atoms in total. The van der Waals surface area contributed by atoms with Gasteiger partial charge in [-0.05, 0) is 102 Å². The summed E-state index contributed by atoms with van der Waals surface area (Å²) >= 11 is 1.14. The van der Waals surface area contributed by atoms with Crippen LogP contribution in [0.2, 0.25) is 0 Å². The van der Waals surface area contributed by atoms with Crippen molar-refractivity contribution >= 4 is 62.2 Å². The zero-order valence-electron chi connectivity index (χ0n) is 45.2. The summed E-state index contributed by atoms with van der Waals surface area (Å²) in [5.41, 5.74) is 18.2. The number of nitro benzene ring substituents is 1. The number of aromatic amines is 1.